The van der Waals surface area contributed by atoms with Crippen molar-refractivity contribution in [1.29, 1.82) is 0 Å². The Morgan fingerprint density at radius 2 is 2.38 bits per heavy atom. The lowest BCUT2D eigenvalue weighted by molar-refractivity contribution is 0.112. The molecule has 0 aliphatic carbocycles. The molecule has 0 bridgehead atoms. The van der Waals surface area contributed by atoms with Crippen LogP contribution in [0.15, 0.2) is 18.2 Å². The van der Waals surface area contributed by atoms with Crippen molar-refractivity contribution in [2.45, 2.75) is 12.5 Å². The zero-order chi connectivity index (χ0) is 11.5. The van der Waals surface area contributed by atoms with Gasteiger partial charge in [-0.25, -0.2) is 4.39 Å². The van der Waals surface area contributed by atoms with Crippen molar-refractivity contribution in [3.63, 3.8) is 0 Å². The Morgan fingerprint density at radius 1 is 1.56 bits per heavy atom. The third kappa shape index (κ3) is 1.93. The fourth-order valence-corrected chi connectivity index (χ4v) is 2.01. The van der Waals surface area contributed by atoms with Crippen LogP contribution in [0.25, 0.3) is 0 Å². The lowest BCUT2D eigenvalue weighted by atomic mass is 10.1. The number of benzene rings is 1. The monoisotopic (exact) mass is 223 g/mol. The van der Waals surface area contributed by atoms with E-state index >= 15 is 0 Å². The maximum atomic E-state index is 13.7. The summed E-state index contributed by atoms with van der Waals surface area (Å²) in [6.07, 6.45) is 1.55. The van der Waals surface area contributed by atoms with Gasteiger partial charge in [-0.05, 0) is 18.6 Å². The highest BCUT2D eigenvalue weighted by molar-refractivity contribution is 5.84. The maximum Gasteiger partial charge on any atom is 0.152 e. The normalized spacial score (nSPS) is 19.8. The van der Waals surface area contributed by atoms with Gasteiger partial charge in [-0.1, -0.05) is 6.07 Å². The van der Waals surface area contributed by atoms with Crippen molar-refractivity contribution >= 4 is 12.0 Å². The number of hydrogen-bond acceptors (Lipinski definition) is 3. The summed E-state index contributed by atoms with van der Waals surface area (Å²) in [7, 11) is 1.80. The molecule has 3 nitrogen and oxygen atoms in total. The van der Waals surface area contributed by atoms with Gasteiger partial charge in [0.25, 0.3) is 0 Å². The van der Waals surface area contributed by atoms with Crippen LogP contribution in [-0.2, 0) is 4.74 Å². The van der Waals surface area contributed by atoms with E-state index in [-0.39, 0.29) is 11.9 Å². The number of carbonyl (C=O) groups excluding carboxylic acids is 1. The lowest BCUT2D eigenvalue weighted by Gasteiger charge is -2.26. The number of likely N-dealkylation sites (N-methyl/N-ethyl adjacent to an activating group) is 1. The van der Waals surface area contributed by atoms with E-state index in [0.29, 0.717) is 30.8 Å². The minimum Gasteiger partial charge on any atom is -0.379 e. The molecule has 1 heterocycles. The van der Waals surface area contributed by atoms with E-state index in [2.05, 4.69) is 0 Å². The van der Waals surface area contributed by atoms with Gasteiger partial charge in [0.1, 0.15) is 5.82 Å². The Balaban J connectivity index is 2.33. The molecule has 1 atom stereocenters. The van der Waals surface area contributed by atoms with Gasteiger partial charge in [-0.2, -0.15) is 0 Å². The van der Waals surface area contributed by atoms with Crippen molar-refractivity contribution in [2.24, 2.45) is 0 Å². The number of para-hydroxylation sites is 1. The quantitative estimate of drug-likeness (QED) is 0.732. The molecule has 0 aromatic heterocycles. The van der Waals surface area contributed by atoms with Crippen LogP contribution in [0.3, 0.4) is 0 Å². The van der Waals surface area contributed by atoms with Crippen LogP contribution in [-0.4, -0.2) is 32.6 Å². The van der Waals surface area contributed by atoms with Gasteiger partial charge in [-0.15, -0.1) is 0 Å². The highest BCUT2D eigenvalue weighted by Gasteiger charge is 2.24. The number of aldehydes is 1. The predicted octanol–water partition coefficient (Wildman–Crippen LogP) is 1.86. The Bertz CT molecular complexity index is 389. The average Bonchev–Trinajstić information content (AvgIpc) is 2.81. The molecule has 1 aromatic carbocycles. The fraction of sp³-hybridized carbons (Fsp3) is 0.417. The minimum atomic E-state index is -0.362. The predicted molar refractivity (Wildman–Crippen MR) is 59.4 cm³/mol. The molecule has 1 saturated heterocycles. The first-order chi connectivity index (χ1) is 7.74. The van der Waals surface area contributed by atoms with Crippen LogP contribution in [0.2, 0.25) is 0 Å². The third-order valence-corrected chi connectivity index (χ3v) is 2.95. The Hall–Kier alpha value is -1.42. The molecule has 16 heavy (non-hydrogen) atoms. The van der Waals surface area contributed by atoms with E-state index in [1.165, 1.54) is 6.07 Å². The number of carbonyl (C=O) groups is 1. The first kappa shape index (κ1) is 11.1. The van der Waals surface area contributed by atoms with E-state index in [4.69, 9.17) is 4.74 Å². The highest BCUT2D eigenvalue weighted by atomic mass is 19.1. The number of anilines is 1. The summed E-state index contributed by atoms with van der Waals surface area (Å²) in [6, 6.07) is 4.68. The molecule has 1 aliphatic heterocycles. The van der Waals surface area contributed by atoms with Crippen molar-refractivity contribution in [2.75, 3.05) is 25.2 Å². The van der Waals surface area contributed by atoms with Gasteiger partial charge in [0.05, 0.1) is 18.3 Å². The van der Waals surface area contributed by atoms with Gasteiger partial charge in [-0.3, -0.25) is 4.79 Å². The molecule has 86 valence electrons. The second-order valence-corrected chi connectivity index (χ2v) is 3.92. The zero-order valence-electron chi connectivity index (χ0n) is 9.15. The van der Waals surface area contributed by atoms with Gasteiger partial charge >= 0.3 is 0 Å². The van der Waals surface area contributed by atoms with Crippen LogP contribution in [0, 0.1) is 5.82 Å². The summed E-state index contributed by atoms with van der Waals surface area (Å²) in [4.78, 5) is 12.7. The summed E-state index contributed by atoms with van der Waals surface area (Å²) in [6.45, 7) is 1.28. The number of ether oxygens (including phenoxy) is 1. The summed E-state index contributed by atoms with van der Waals surface area (Å²) < 4.78 is 19.0. The van der Waals surface area contributed by atoms with Gasteiger partial charge in [0, 0.05) is 19.2 Å². The fourth-order valence-electron chi connectivity index (χ4n) is 2.01. The molecule has 0 spiro atoms. The maximum absolute atomic E-state index is 13.7. The summed E-state index contributed by atoms with van der Waals surface area (Å²) >= 11 is 0. The molecule has 2 rings (SSSR count). The van der Waals surface area contributed by atoms with Crippen molar-refractivity contribution in [1.82, 2.24) is 0 Å². The second-order valence-electron chi connectivity index (χ2n) is 3.92. The van der Waals surface area contributed by atoms with Crippen LogP contribution in [0.1, 0.15) is 16.8 Å². The van der Waals surface area contributed by atoms with Gasteiger partial charge in [0.2, 0.25) is 0 Å². The minimum absolute atomic E-state index is 0.149. The molecule has 0 N–H and O–H groups in total. The molecular formula is C12H14FNO2. The number of nitrogens with zero attached hydrogens (tertiary/aromatic N) is 1. The Morgan fingerprint density at radius 3 is 3.00 bits per heavy atom. The molecule has 1 fully saturated rings. The number of rotatable bonds is 3. The van der Waals surface area contributed by atoms with E-state index in [1.54, 1.807) is 24.1 Å². The molecule has 1 aliphatic rings. The lowest BCUT2D eigenvalue weighted by Crippen LogP contribution is -2.33. The summed E-state index contributed by atoms with van der Waals surface area (Å²) in [5.74, 6) is -0.362. The topological polar surface area (TPSA) is 29.5 Å². The smallest absolute Gasteiger partial charge is 0.152 e. The molecule has 0 radical (unpaired) electrons. The van der Waals surface area contributed by atoms with Crippen LogP contribution in [0.5, 0.6) is 0 Å². The van der Waals surface area contributed by atoms with Crippen molar-refractivity contribution < 1.29 is 13.9 Å². The number of halogens is 1. The molecule has 0 saturated carbocycles. The number of hydrogen-bond donors (Lipinski definition) is 0. The SMILES string of the molecule is CN(c1c(F)cccc1C=O)C1CCOC1. The molecule has 4 heteroatoms. The van der Waals surface area contributed by atoms with Crippen molar-refractivity contribution in [3.8, 4) is 0 Å². The standard InChI is InChI=1S/C12H14FNO2/c1-14(10-5-6-16-8-10)12-9(7-15)3-2-4-11(12)13/h2-4,7,10H,5-6,8H2,1H3. The van der Waals surface area contributed by atoms with E-state index in [0.717, 1.165) is 6.42 Å². The molecule has 1 unspecified atom stereocenters. The summed E-state index contributed by atoms with van der Waals surface area (Å²) in [5.41, 5.74) is 0.752. The van der Waals surface area contributed by atoms with E-state index in [9.17, 15) is 9.18 Å². The third-order valence-electron chi connectivity index (χ3n) is 2.95. The first-order valence-electron chi connectivity index (χ1n) is 5.28. The average molecular weight is 223 g/mol. The van der Waals surface area contributed by atoms with Crippen molar-refractivity contribution in [3.05, 3.63) is 29.6 Å². The van der Waals surface area contributed by atoms with Gasteiger partial charge in [0.15, 0.2) is 6.29 Å². The van der Waals surface area contributed by atoms with Crippen LogP contribution in [0.4, 0.5) is 10.1 Å². The Kier molecular flexibility index (Phi) is 3.19. The molecule has 0 amide bonds. The van der Waals surface area contributed by atoms with Crippen LogP contribution < -0.4 is 4.90 Å². The molecular weight excluding hydrogens is 209 g/mol. The zero-order valence-corrected chi connectivity index (χ0v) is 9.15. The second kappa shape index (κ2) is 4.61. The Labute approximate surface area is 93.8 Å². The summed E-state index contributed by atoms with van der Waals surface area (Å²) in [5, 5.41) is 0. The first-order valence-corrected chi connectivity index (χ1v) is 5.28. The van der Waals surface area contributed by atoms with E-state index in [1.807, 2.05) is 0 Å². The highest BCUT2D eigenvalue weighted by Crippen LogP contribution is 2.26. The van der Waals surface area contributed by atoms with Crippen LogP contribution >= 0.6 is 0 Å². The largest absolute Gasteiger partial charge is 0.379 e. The van der Waals surface area contributed by atoms with E-state index < -0.39 is 0 Å². The van der Waals surface area contributed by atoms with Gasteiger partial charge < -0.3 is 9.64 Å². The molecule has 1 aromatic rings.